The second kappa shape index (κ2) is 10.5. The van der Waals surface area contributed by atoms with Crippen LogP contribution in [0.4, 0.5) is 13.2 Å². The summed E-state index contributed by atoms with van der Waals surface area (Å²) in [6.07, 6.45) is -2.77. The molecule has 0 aliphatic heterocycles. The molecule has 1 aromatic rings. The van der Waals surface area contributed by atoms with Crippen molar-refractivity contribution < 1.29 is 13.2 Å². The zero-order chi connectivity index (χ0) is 20.6. The molecule has 0 fully saturated rings. The van der Waals surface area contributed by atoms with Crippen molar-refractivity contribution in [2.24, 2.45) is 12.0 Å². The van der Waals surface area contributed by atoms with E-state index in [4.69, 9.17) is 0 Å². The number of halogens is 3. The van der Waals surface area contributed by atoms with Crippen LogP contribution >= 0.6 is 0 Å². The van der Waals surface area contributed by atoms with Crippen LogP contribution in [0.3, 0.4) is 0 Å². The number of alkyl halides is 3. The van der Waals surface area contributed by atoms with Gasteiger partial charge < -0.3 is 10.6 Å². The molecule has 0 aliphatic rings. The second-order valence-corrected chi connectivity index (χ2v) is 6.99. The number of aryl methyl sites for hydroxylation is 2. The van der Waals surface area contributed by atoms with Crippen LogP contribution in [-0.2, 0) is 13.5 Å². The van der Waals surface area contributed by atoms with Gasteiger partial charge in [-0.05, 0) is 59.7 Å². The molecule has 1 atom stereocenters. The molecule has 1 heterocycles. The number of aromatic nitrogens is 2. The number of nitrogens with one attached hydrogen (secondary N) is 2. The Morgan fingerprint density at radius 3 is 2.52 bits per heavy atom. The quantitative estimate of drug-likeness (QED) is 0.386. The van der Waals surface area contributed by atoms with Crippen molar-refractivity contribution in [1.82, 2.24) is 25.3 Å². The van der Waals surface area contributed by atoms with Crippen LogP contribution in [0, 0.1) is 13.8 Å². The van der Waals surface area contributed by atoms with Crippen LogP contribution in [-0.4, -0.2) is 66.1 Å². The molecule has 6 nitrogen and oxygen atoms in total. The van der Waals surface area contributed by atoms with E-state index in [0.29, 0.717) is 25.5 Å². The Kier molecular flexibility index (Phi) is 9.08. The predicted octanol–water partition coefficient (Wildman–Crippen LogP) is 2.41. The third-order valence-corrected chi connectivity index (χ3v) is 4.31. The Balaban J connectivity index is 2.53. The van der Waals surface area contributed by atoms with Gasteiger partial charge in [0.2, 0.25) is 0 Å². The summed E-state index contributed by atoms with van der Waals surface area (Å²) in [4.78, 5) is 5.75. The summed E-state index contributed by atoms with van der Waals surface area (Å²) in [5.41, 5.74) is 3.40. The molecule has 9 heteroatoms. The largest absolute Gasteiger partial charge is 0.401 e. The van der Waals surface area contributed by atoms with Crippen LogP contribution in [0.25, 0.3) is 0 Å². The van der Waals surface area contributed by atoms with E-state index in [1.54, 1.807) is 0 Å². The maximum absolute atomic E-state index is 12.3. The normalized spacial score (nSPS) is 13.9. The van der Waals surface area contributed by atoms with Crippen molar-refractivity contribution in [3.05, 3.63) is 17.0 Å². The van der Waals surface area contributed by atoms with Crippen molar-refractivity contribution in [3.8, 4) is 0 Å². The Hall–Kier alpha value is -1.77. The molecule has 1 aromatic heterocycles. The highest BCUT2D eigenvalue weighted by atomic mass is 19.4. The van der Waals surface area contributed by atoms with Crippen molar-refractivity contribution in [3.63, 3.8) is 0 Å². The highest BCUT2D eigenvalue weighted by Crippen LogP contribution is 2.15. The molecule has 27 heavy (non-hydrogen) atoms. The average molecular weight is 390 g/mol. The minimum Gasteiger partial charge on any atom is -0.357 e. The number of hydrogen-bond acceptors (Lipinski definition) is 3. The fraction of sp³-hybridized carbons (Fsp3) is 0.778. The van der Waals surface area contributed by atoms with Gasteiger partial charge >= 0.3 is 6.18 Å². The lowest BCUT2D eigenvalue weighted by Crippen LogP contribution is -2.43. The zero-order valence-corrected chi connectivity index (χ0v) is 17.2. The Bertz CT molecular complexity index is 609. The Labute approximate surface area is 160 Å². The van der Waals surface area contributed by atoms with Gasteiger partial charge in [-0.2, -0.15) is 18.3 Å². The van der Waals surface area contributed by atoms with Crippen molar-refractivity contribution in [2.75, 3.05) is 33.2 Å². The fourth-order valence-electron chi connectivity index (χ4n) is 2.94. The van der Waals surface area contributed by atoms with Gasteiger partial charge in [0.15, 0.2) is 5.96 Å². The first-order valence-electron chi connectivity index (χ1n) is 9.32. The standard InChI is InChI=1S/C18H33F3N6/c1-7-22-17(23-9-8-10-26(5)12-18(19,20)21)24-13(2)11-16-14(3)25-27(6)15(16)4/h13H,7-12H2,1-6H3,(H2,22,23,24). The molecule has 156 valence electrons. The number of nitrogens with zero attached hydrogens (tertiary/aromatic N) is 4. The first kappa shape index (κ1) is 23.3. The van der Waals surface area contributed by atoms with Gasteiger partial charge in [0.05, 0.1) is 12.2 Å². The van der Waals surface area contributed by atoms with Crippen LogP contribution < -0.4 is 10.6 Å². The molecule has 0 radical (unpaired) electrons. The monoisotopic (exact) mass is 390 g/mol. The lowest BCUT2D eigenvalue weighted by Gasteiger charge is -2.19. The minimum atomic E-state index is -4.16. The number of rotatable bonds is 9. The van der Waals surface area contributed by atoms with Gasteiger partial charge in [-0.25, -0.2) is 0 Å². The van der Waals surface area contributed by atoms with E-state index in [-0.39, 0.29) is 6.04 Å². The van der Waals surface area contributed by atoms with Crippen molar-refractivity contribution in [2.45, 2.75) is 52.8 Å². The van der Waals surface area contributed by atoms with Gasteiger partial charge in [0, 0.05) is 31.9 Å². The SMILES string of the molecule is CCNC(=NCCCN(C)CC(F)(F)F)NC(C)Cc1c(C)nn(C)c1C. The molecule has 0 spiro atoms. The lowest BCUT2D eigenvalue weighted by molar-refractivity contribution is -0.143. The summed E-state index contributed by atoms with van der Waals surface area (Å²) in [7, 11) is 3.41. The molecule has 1 unspecified atom stereocenters. The summed E-state index contributed by atoms with van der Waals surface area (Å²) in [6, 6.07) is 0.150. The molecule has 0 aromatic carbocycles. The van der Waals surface area contributed by atoms with Crippen LogP contribution in [0.1, 0.15) is 37.2 Å². The van der Waals surface area contributed by atoms with E-state index in [2.05, 4.69) is 34.6 Å². The molecule has 1 rings (SSSR count). The third-order valence-electron chi connectivity index (χ3n) is 4.31. The van der Waals surface area contributed by atoms with E-state index in [1.807, 2.05) is 25.6 Å². The summed E-state index contributed by atoms with van der Waals surface area (Å²) in [5, 5.41) is 11.0. The average Bonchev–Trinajstić information content (AvgIpc) is 2.76. The van der Waals surface area contributed by atoms with E-state index >= 15 is 0 Å². The summed E-state index contributed by atoms with van der Waals surface area (Å²) in [6.45, 7) is 8.77. The number of guanidine groups is 1. The second-order valence-electron chi connectivity index (χ2n) is 6.99. The molecular formula is C18H33F3N6. The Morgan fingerprint density at radius 2 is 2.00 bits per heavy atom. The molecule has 0 amide bonds. The van der Waals surface area contributed by atoms with Gasteiger partial charge in [0.25, 0.3) is 0 Å². The zero-order valence-electron chi connectivity index (χ0n) is 17.2. The third kappa shape index (κ3) is 8.64. The minimum absolute atomic E-state index is 0.150. The molecular weight excluding hydrogens is 357 g/mol. The summed E-state index contributed by atoms with van der Waals surface area (Å²) < 4.78 is 38.9. The van der Waals surface area contributed by atoms with E-state index in [0.717, 1.165) is 24.4 Å². The lowest BCUT2D eigenvalue weighted by atomic mass is 10.1. The Morgan fingerprint density at radius 1 is 1.33 bits per heavy atom. The maximum Gasteiger partial charge on any atom is 0.401 e. The van der Waals surface area contributed by atoms with E-state index < -0.39 is 12.7 Å². The molecule has 0 bridgehead atoms. The molecule has 0 saturated heterocycles. The van der Waals surface area contributed by atoms with E-state index in [1.165, 1.54) is 17.5 Å². The molecule has 2 N–H and O–H groups in total. The fourth-order valence-corrected chi connectivity index (χ4v) is 2.94. The number of hydrogen-bond donors (Lipinski definition) is 2. The highest BCUT2D eigenvalue weighted by Gasteiger charge is 2.28. The molecule has 0 aliphatic carbocycles. The van der Waals surface area contributed by atoms with Gasteiger partial charge in [-0.15, -0.1) is 0 Å². The van der Waals surface area contributed by atoms with Gasteiger partial charge in [-0.1, -0.05) is 0 Å². The topological polar surface area (TPSA) is 57.5 Å². The van der Waals surface area contributed by atoms with Crippen LogP contribution in [0.5, 0.6) is 0 Å². The number of aliphatic imine (C=N–C) groups is 1. The smallest absolute Gasteiger partial charge is 0.357 e. The first-order chi connectivity index (χ1) is 12.5. The maximum atomic E-state index is 12.3. The predicted molar refractivity (Wildman–Crippen MR) is 103 cm³/mol. The van der Waals surface area contributed by atoms with Crippen LogP contribution in [0.15, 0.2) is 4.99 Å². The van der Waals surface area contributed by atoms with Gasteiger partial charge in [0.1, 0.15) is 0 Å². The molecule has 0 saturated carbocycles. The van der Waals surface area contributed by atoms with Gasteiger partial charge in [-0.3, -0.25) is 14.6 Å². The van der Waals surface area contributed by atoms with E-state index in [9.17, 15) is 13.2 Å². The summed E-state index contributed by atoms with van der Waals surface area (Å²) >= 11 is 0. The van der Waals surface area contributed by atoms with Crippen molar-refractivity contribution >= 4 is 5.96 Å². The first-order valence-corrected chi connectivity index (χ1v) is 9.32. The van der Waals surface area contributed by atoms with Crippen molar-refractivity contribution in [1.29, 1.82) is 0 Å². The highest BCUT2D eigenvalue weighted by molar-refractivity contribution is 5.80. The van der Waals surface area contributed by atoms with Crippen LogP contribution in [0.2, 0.25) is 0 Å². The summed E-state index contributed by atoms with van der Waals surface area (Å²) in [5.74, 6) is 0.683.